The first-order valence-electron chi connectivity index (χ1n) is 7.80. The highest BCUT2D eigenvalue weighted by Gasteiger charge is 2.47. The van der Waals surface area contributed by atoms with Gasteiger partial charge in [0.2, 0.25) is 0 Å². The molecule has 7 nitrogen and oxygen atoms in total. The zero-order valence-corrected chi connectivity index (χ0v) is 13.9. The van der Waals surface area contributed by atoms with Crippen LogP contribution in [0.4, 0.5) is 4.79 Å². The molecule has 0 radical (unpaired) electrons. The lowest BCUT2D eigenvalue weighted by atomic mass is 10.1. The minimum atomic E-state index is -0.977. The van der Waals surface area contributed by atoms with Crippen LogP contribution < -0.4 is 0 Å². The van der Waals surface area contributed by atoms with Crippen molar-refractivity contribution in [1.82, 2.24) is 14.4 Å². The van der Waals surface area contributed by atoms with Crippen molar-refractivity contribution in [2.45, 2.75) is 13.0 Å². The molecule has 0 bridgehead atoms. The van der Waals surface area contributed by atoms with Crippen molar-refractivity contribution in [3.63, 3.8) is 0 Å². The first-order valence-corrected chi connectivity index (χ1v) is 7.80. The fourth-order valence-corrected chi connectivity index (χ4v) is 2.86. The number of hydrogen-bond acceptors (Lipinski definition) is 4. The zero-order chi connectivity index (χ0) is 18.1. The van der Waals surface area contributed by atoms with Crippen LogP contribution in [-0.2, 0) is 16.6 Å². The first kappa shape index (κ1) is 16.6. The summed E-state index contributed by atoms with van der Waals surface area (Å²) in [5.74, 6) is -2.30. The van der Waals surface area contributed by atoms with Crippen LogP contribution in [-0.4, -0.2) is 44.5 Å². The Morgan fingerprint density at radius 1 is 1.00 bits per heavy atom. The maximum absolute atomic E-state index is 12.6. The van der Waals surface area contributed by atoms with Crippen LogP contribution in [0.25, 0.3) is 0 Å². The predicted octanol–water partition coefficient (Wildman–Crippen LogP) is 1.76. The van der Waals surface area contributed by atoms with Crippen molar-refractivity contribution >= 4 is 23.6 Å². The summed E-state index contributed by atoms with van der Waals surface area (Å²) in [4.78, 5) is 51.0. The normalized spacial score (nSPS) is 15.8. The van der Waals surface area contributed by atoms with Crippen molar-refractivity contribution in [2.24, 2.45) is 7.05 Å². The van der Waals surface area contributed by atoms with E-state index in [1.807, 2.05) is 6.07 Å². The highest BCUT2D eigenvalue weighted by molar-refractivity contribution is 6.45. The van der Waals surface area contributed by atoms with Gasteiger partial charge >= 0.3 is 17.8 Å². The Morgan fingerprint density at radius 2 is 1.68 bits per heavy atom. The highest BCUT2D eigenvalue weighted by Crippen LogP contribution is 2.26. The first-order chi connectivity index (χ1) is 11.9. The maximum atomic E-state index is 12.6. The van der Waals surface area contributed by atoms with Crippen molar-refractivity contribution in [1.29, 1.82) is 0 Å². The number of benzene rings is 1. The van der Waals surface area contributed by atoms with Crippen LogP contribution in [0, 0.1) is 0 Å². The van der Waals surface area contributed by atoms with E-state index in [-0.39, 0.29) is 0 Å². The molecule has 1 aromatic carbocycles. The minimum Gasteiger partial charge on any atom is -0.348 e. The summed E-state index contributed by atoms with van der Waals surface area (Å²) in [5, 5.41) is 0. The van der Waals surface area contributed by atoms with E-state index in [0.29, 0.717) is 10.6 Å². The molecule has 1 atom stereocenters. The smallest absolute Gasteiger partial charge is 0.335 e. The number of nitrogens with zero attached hydrogens (tertiary/aromatic N) is 3. The molecule has 0 aliphatic carbocycles. The number of carbonyl (C=O) groups excluding carboxylic acids is 4. The lowest BCUT2D eigenvalue weighted by molar-refractivity contribution is -0.143. The molecular weight excluding hydrogens is 322 g/mol. The number of imide groups is 2. The number of aromatic nitrogens is 1. The second-order valence-electron chi connectivity index (χ2n) is 5.86. The molecular formula is C18H17N3O4. The number of urea groups is 1. The van der Waals surface area contributed by atoms with Gasteiger partial charge in [-0.15, -0.1) is 0 Å². The van der Waals surface area contributed by atoms with Gasteiger partial charge in [-0.25, -0.2) is 14.6 Å². The highest BCUT2D eigenvalue weighted by atomic mass is 16.2. The summed E-state index contributed by atoms with van der Waals surface area (Å²) >= 11 is 0. The van der Waals surface area contributed by atoms with E-state index in [4.69, 9.17) is 0 Å². The Morgan fingerprint density at radius 3 is 2.28 bits per heavy atom. The molecule has 1 aliphatic heterocycles. The molecule has 4 amide bonds. The summed E-state index contributed by atoms with van der Waals surface area (Å²) in [5.41, 5.74) is 1.09. The molecule has 2 heterocycles. The predicted molar refractivity (Wildman–Crippen MR) is 88.6 cm³/mol. The van der Waals surface area contributed by atoms with Crippen molar-refractivity contribution in [2.75, 3.05) is 6.54 Å². The summed E-state index contributed by atoms with van der Waals surface area (Å²) in [6.07, 6.45) is 1.69. The van der Waals surface area contributed by atoms with Crippen LogP contribution in [0.5, 0.6) is 0 Å². The van der Waals surface area contributed by atoms with E-state index in [2.05, 4.69) is 0 Å². The van der Waals surface area contributed by atoms with Gasteiger partial charge in [0.25, 0.3) is 0 Å². The van der Waals surface area contributed by atoms with Gasteiger partial charge in [0.1, 0.15) is 0 Å². The standard InChI is InChI=1S/C18H17N3O4/c1-12(13-7-4-3-5-8-13)21-17(24)16(23)20(18(21)25)11-15(22)14-9-6-10-19(14)2/h3-10,12H,11H2,1-2H3/t12-/m1/s1. The topological polar surface area (TPSA) is 79.7 Å². The molecule has 25 heavy (non-hydrogen) atoms. The average Bonchev–Trinajstić information content (AvgIpc) is 3.12. The third-order valence-corrected chi connectivity index (χ3v) is 4.28. The monoisotopic (exact) mass is 339 g/mol. The van der Waals surface area contributed by atoms with Crippen molar-refractivity contribution < 1.29 is 19.2 Å². The van der Waals surface area contributed by atoms with Crippen molar-refractivity contribution in [3.05, 3.63) is 59.9 Å². The van der Waals surface area contributed by atoms with Crippen LogP contribution in [0.3, 0.4) is 0 Å². The number of carbonyl (C=O) groups is 4. The van der Waals surface area contributed by atoms with Gasteiger partial charge in [-0.3, -0.25) is 14.4 Å². The van der Waals surface area contributed by atoms with Crippen LogP contribution in [0.1, 0.15) is 29.0 Å². The number of Topliss-reactive ketones (excluding diaryl/α,β-unsaturated/α-hetero) is 1. The lowest BCUT2D eigenvalue weighted by Crippen LogP contribution is -2.38. The third kappa shape index (κ3) is 2.84. The van der Waals surface area contributed by atoms with E-state index in [9.17, 15) is 19.2 Å². The number of rotatable bonds is 5. The van der Waals surface area contributed by atoms with Gasteiger partial charge < -0.3 is 4.57 Å². The molecule has 7 heteroatoms. The van der Waals surface area contributed by atoms with Gasteiger partial charge in [0.05, 0.1) is 18.3 Å². The largest absolute Gasteiger partial charge is 0.348 e. The fraction of sp³-hybridized carbons (Fsp3) is 0.222. The van der Waals surface area contributed by atoms with Crippen molar-refractivity contribution in [3.8, 4) is 0 Å². The molecule has 0 unspecified atom stereocenters. The van der Waals surface area contributed by atoms with E-state index in [1.54, 1.807) is 61.1 Å². The SMILES string of the molecule is C[C@H](c1ccccc1)N1C(=O)C(=O)N(CC(=O)c2cccn2C)C1=O. The number of amides is 4. The van der Waals surface area contributed by atoms with E-state index in [0.717, 1.165) is 10.5 Å². The summed E-state index contributed by atoms with van der Waals surface area (Å²) in [6.45, 7) is 1.21. The second-order valence-corrected chi connectivity index (χ2v) is 5.86. The average molecular weight is 339 g/mol. The third-order valence-electron chi connectivity index (χ3n) is 4.28. The van der Waals surface area contributed by atoms with Crippen LogP contribution in [0.2, 0.25) is 0 Å². The summed E-state index contributed by atoms with van der Waals surface area (Å²) in [7, 11) is 1.69. The maximum Gasteiger partial charge on any atom is 0.335 e. The van der Waals surface area contributed by atoms with Gasteiger partial charge in [-0.1, -0.05) is 30.3 Å². The molecule has 2 aromatic rings. The zero-order valence-electron chi connectivity index (χ0n) is 13.9. The Balaban J connectivity index is 1.82. The lowest BCUT2D eigenvalue weighted by Gasteiger charge is -2.22. The quantitative estimate of drug-likeness (QED) is 0.472. The molecule has 0 N–H and O–H groups in total. The number of hydrogen-bond donors (Lipinski definition) is 0. The molecule has 1 aliphatic rings. The molecule has 128 valence electrons. The second kappa shape index (κ2) is 6.35. The number of ketones is 1. The van der Waals surface area contributed by atoms with Gasteiger partial charge in [-0.2, -0.15) is 0 Å². The van der Waals surface area contributed by atoms with Crippen LogP contribution in [0.15, 0.2) is 48.7 Å². The molecule has 1 fully saturated rings. The Hall–Kier alpha value is -3.22. The van der Waals surface area contributed by atoms with Gasteiger partial charge in [0, 0.05) is 13.2 Å². The number of aryl methyl sites for hydroxylation is 1. The minimum absolute atomic E-state index is 0.364. The van der Waals surface area contributed by atoms with E-state index >= 15 is 0 Å². The molecule has 1 saturated heterocycles. The molecule has 0 spiro atoms. The fourth-order valence-electron chi connectivity index (χ4n) is 2.86. The van der Waals surface area contributed by atoms with Gasteiger partial charge in [-0.05, 0) is 24.6 Å². The van der Waals surface area contributed by atoms with E-state index in [1.165, 1.54) is 0 Å². The Labute approximate surface area is 144 Å². The Kier molecular flexibility index (Phi) is 4.22. The molecule has 0 saturated carbocycles. The summed E-state index contributed by atoms with van der Waals surface area (Å²) in [6, 6.07) is 10.9. The Bertz CT molecular complexity index is 856. The molecule has 3 rings (SSSR count). The van der Waals surface area contributed by atoms with Gasteiger partial charge in [0.15, 0.2) is 5.78 Å². The molecule has 1 aromatic heterocycles. The van der Waals surface area contributed by atoms with Crippen LogP contribution >= 0.6 is 0 Å². The summed E-state index contributed by atoms with van der Waals surface area (Å²) < 4.78 is 1.60. The van der Waals surface area contributed by atoms with E-state index < -0.39 is 36.2 Å².